The summed E-state index contributed by atoms with van der Waals surface area (Å²) in [7, 11) is 3.26. The highest BCUT2D eigenvalue weighted by Gasteiger charge is 2.08. The molecule has 14 heavy (non-hydrogen) atoms. The largest absolute Gasteiger partial charge is 0.456 e. The van der Waals surface area contributed by atoms with Crippen LogP contribution < -0.4 is 0 Å². The third-order valence-electron chi connectivity index (χ3n) is 1.84. The van der Waals surface area contributed by atoms with Crippen molar-refractivity contribution in [3.8, 4) is 0 Å². The van der Waals surface area contributed by atoms with Gasteiger partial charge in [-0.05, 0) is 6.42 Å². The van der Waals surface area contributed by atoms with Crippen molar-refractivity contribution in [3.63, 3.8) is 0 Å². The zero-order chi connectivity index (χ0) is 11.0. The molecule has 0 aliphatic carbocycles. The Balaban J connectivity index is 3.49. The van der Waals surface area contributed by atoms with Gasteiger partial charge >= 0.3 is 5.97 Å². The van der Waals surface area contributed by atoms with Gasteiger partial charge in [-0.3, -0.25) is 9.59 Å². The number of carbonyl (C=O) groups is 2. The first kappa shape index (κ1) is 12.9. The molecule has 0 heterocycles. The molecule has 0 atom stereocenters. The summed E-state index contributed by atoms with van der Waals surface area (Å²) in [6, 6.07) is 0. The van der Waals surface area contributed by atoms with Crippen LogP contribution in [0.25, 0.3) is 0 Å². The number of rotatable bonds is 6. The third-order valence-corrected chi connectivity index (χ3v) is 1.84. The van der Waals surface area contributed by atoms with Crippen molar-refractivity contribution in [1.82, 2.24) is 4.90 Å². The van der Waals surface area contributed by atoms with Gasteiger partial charge in [0, 0.05) is 20.5 Å². The van der Waals surface area contributed by atoms with E-state index in [-0.39, 0.29) is 18.5 Å². The van der Waals surface area contributed by atoms with Crippen LogP contribution in [-0.2, 0) is 14.3 Å². The third kappa shape index (κ3) is 6.46. The molecule has 0 aliphatic heterocycles. The molecule has 0 bridgehead atoms. The van der Waals surface area contributed by atoms with Crippen molar-refractivity contribution in [3.05, 3.63) is 0 Å². The Labute approximate surface area is 85.2 Å². The van der Waals surface area contributed by atoms with E-state index in [0.29, 0.717) is 6.42 Å². The lowest BCUT2D eigenvalue weighted by molar-refractivity contribution is -0.151. The molecule has 0 N–H and O–H groups in total. The number of unbranched alkanes of at least 4 members (excludes halogenated alkanes) is 2. The van der Waals surface area contributed by atoms with Crippen LogP contribution in [-0.4, -0.2) is 37.5 Å². The number of esters is 1. The number of nitrogens with zero attached hydrogens (tertiary/aromatic N) is 1. The topological polar surface area (TPSA) is 46.6 Å². The molecule has 82 valence electrons. The minimum absolute atomic E-state index is 0.141. The highest BCUT2D eigenvalue weighted by Crippen LogP contribution is 2.00. The number of amides is 1. The standard InChI is InChI=1S/C10H19NO3/c1-4-5-6-7-10(13)14-8-9(12)11(2)3/h4-8H2,1-3H3. The molecule has 0 aromatic rings. The van der Waals surface area contributed by atoms with Crippen molar-refractivity contribution in [2.24, 2.45) is 0 Å². The highest BCUT2D eigenvalue weighted by atomic mass is 16.5. The summed E-state index contributed by atoms with van der Waals surface area (Å²) in [4.78, 5) is 23.5. The van der Waals surface area contributed by atoms with Crippen LogP contribution in [0.5, 0.6) is 0 Å². The van der Waals surface area contributed by atoms with Crippen LogP contribution in [0.15, 0.2) is 0 Å². The molecule has 4 heteroatoms. The van der Waals surface area contributed by atoms with E-state index >= 15 is 0 Å². The maximum atomic E-state index is 11.1. The van der Waals surface area contributed by atoms with Gasteiger partial charge in [0.2, 0.25) is 0 Å². The summed E-state index contributed by atoms with van der Waals surface area (Å²) in [6.07, 6.45) is 3.35. The molecule has 0 radical (unpaired) electrons. The predicted molar refractivity (Wildman–Crippen MR) is 53.8 cm³/mol. The quantitative estimate of drug-likeness (QED) is 0.479. The Hall–Kier alpha value is -1.06. The Morgan fingerprint density at radius 3 is 2.36 bits per heavy atom. The Morgan fingerprint density at radius 1 is 1.21 bits per heavy atom. The molecule has 0 unspecified atom stereocenters. The van der Waals surface area contributed by atoms with Crippen LogP contribution >= 0.6 is 0 Å². The number of hydrogen-bond acceptors (Lipinski definition) is 3. The molecule has 0 aromatic carbocycles. The number of hydrogen-bond donors (Lipinski definition) is 0. The molecule has 0 spiro atoms. The van der Waals surface area contributed by atoms with E-state index in [4.69, 9.17) is 4.74 Å². The van der Waals surface area contributed by atoms with E-state index in [9.17, 15) is 9.59 Å². The Morgan fingerprint density at radius 2 is 1.86 bits per heavy atom. The van der Waals surface area contributed by atoms with Gasteiger partial charge in [0.05, 0.1) is 0 Å². The van der Waals surface area contributed by atoms with Crippen molar-refractivity contribution >= 4 is 11.9 Å². The van der Waals surface area contributed by atoms with Gasteiger partial charge in [0.25, 0.3) is 5.91 Å². The van der Waals surface area contributed by atoms with Gasteiger partial charge in [-0.15, -0.1) is 0 Å². The Bertz CT molecular complexity index is 190. The van der Waals surface area contributed by atoms with Crippen LogP contribution in [0.3, 0.4) is 0 Å². The molecule has 0 fully saturated rings. The summed E-state index contributed by atoms with van der Waals surface area (Å²) in [6.45, 7) is 1.93. The molecule has 4 nitrogen and oxygen atoms in total. The van der Waals surface area contributed by atoms with Crippen LogP contribution in [0.1, 0.15) is 32.6 Å². The normalized spacial score (nSPS) is 9.64. The van der Waals surface area contributed by atoms with Gasteiger partial charge in [-0.2, -0.15) is 0 Å². The fraction of sp³-hybridized carbons (Fsp3) is 0.800. The van der Waals surface area contributed by atoms with Crippen molar-refractivity contribution in [2.75, 3.05) is 20.7 Å². The minimum atomic E-state index is -0.284. The fourth-order valence-electron chi connectivity index (χ4n) is 0.863. The second-order valence-corrected chi connectivity index (χ2v) is 3.41. The SMILES string of the molecule is CCCCCC(=O)OCC(=O)N(C)C. The zero-order valence-corrected chi connectivity index (χ0v) is 9.21. The molecule has 0 saturated heterocycles. The molecule has 0 rings (SSSR count). The first-order chi connectivity index (χ1) is 6.57. The maximum Gasteiger partial charge on any atom is 0.306 e. The van der Waals surface area contributed by atoms with Gasteiger partial charge < -0.3 is 9.64 Å². The summed E-state index contributed by atoms with van der Waals surface area (Å²) in [5.74, 6) is -0.470. The highest BCUT2D eigenvalue weighted by molar-refractivity contribution is 5.80. The maximum absolute atomic E-state index is 11.1. The van der Waals surface area contributed by atoms with E-state index < -0.39 is 0 Å². The molecular formula is C10H19NO3. The number of carbonyl (C=O) groups excluding carboxylic acids is 2. The summed E-state index contributed by atoms with van der Waals surface area (Å²) >= 11 is 0. The smallest absolute Gasteiger partial charge is 0.306 e. The summed E-state index contributed by atoms with van der Waals surface area (Å²) in [5.41, 5.74) is 0. The van der Waals surface area contributed by atoms with Crippen molar-refractivity contribution < 1.29 is 14.3 Å². The molecule has 0 aromatic heterocycles. The molecule has 0 aliphatic rings. The van der Waals surface area contributed by atoms with Crippen molar-refractivity contribution in [2.45, 2.75) is 32.6 Å². The lowest BCUT2D eigenvalue weighted by Crippen LogP contribution is -2.27. The van der Waals surface area contributed by atoms with E-state index in [1.807, 2.05) is 0 Å². The zero-order valence-electron chi connectivity index (χ0n) is 9.21. The van der Waals surface area contributed by atoms with Gasteiger partial charge in [-0.25, -0.2) is 0 Å². The fourth-order valence-corrected chi connectivity index (χ4v) is 0.863. The summed E-state index contributed by atoms with van der Waals surface area (Å²) in [5, 5.41) is 0. The monoisotopic (exact) mass is 201 g/mol. The average molecular weight is 201 g/mol. The lowest BCUT2D eigenvalue weighted by atomic mass is 10.2. The first-order valence-electron chi connectivity index (χ1n) is 4.93. The van der Waals surface area contributed by atoms with Crippen molar-refractivity contribution in [1.29, 1.82) is 0 Å². The lowest BCUT2D eigenvalue weighted by Gasteiger charge is -2.10. The second kappa shape index (κ2) is 7.35. The van der Waals surface area contributed by atoms with Crippen LogP contribution in [0.2, 0.25) is 0 Å². The van der Waals surface area contributed by atoms with Gasteiger partial charge in [-0.1, -0.05) is 19.8 Å². The van der Waals surface area contributed by atoms with Gasteiger partial charge in [0.1, 0.15) is 0 Å². The number of likely N-dealkylation sites (N-methyl/N-ethyl adjacent to an activating group) is 1. The van der Waals surface area contributed by atoms with Crippen LogP contribution in [0, 0.1) is 0 Å². The van der Waals surface area contributed by atoms with E-state index in [0.717, 1.165) is 19.3 Å². The molecule has 1 amide bonds. The van der Waals surface area contributed by atoms with E-state index in [2.05, 4.69) is 6.92 Å². The predicted octanol–water partition coefficient (Wildman–Crippen LogP) is 1.20. The number of ether oxygens (including phenoxy) is 1. The summed E-state index contributed by atoms with van der Waals surface area (Å²) < 4.78 is 4.78. The van der Waals surface area contributed by atoms with E-state index in [1.165, 1.54) is 4.90 Å². The van der Waals surface area contributed by atoms with Gasteiger partial charge in [0.15, 0.2) is 6.61 Å². The Kier molecular flexibility index (Phi) is 6.80. The second-order valence-electron chi connectivity index (χ2n) is 3.41. The average Bonchev–Trinajstić information content (AvgIpc) is 2.14. The van der Waals surface area contributed by atoms with Crippen LogP contribution in [0.4, 0.5) is 0 Å². The first-order valence-corrected chi connectivity index (χ1v) is 4.93. The van der Waals surface area contributed by atoms with E-state index in [1.54, 1.807) is 14.1 Å². The molecular weight excluding hydrogens is 182 g/mol. The molecule has 0 saturated carbocycles. The minimum Gasteiger partial charge on any atom is -0.456 e.